The van der Waals surface area contributed by atoms with E-state index in [2.05, 4.69) is 20.8 Å². The predicted octanol–water partition coefficient (Wildman–Crippen LogP) is 3.11. The highest BCUT2D eigenvalue weighted by molar-refractivity contribution is 8.00. The van der Waals surface area contributed by atoms with E-state index in [0.717, 1.165) is 11.3 Å². The number of tetrazole rings is 1. The van der Waals surface area contributed by atoms with E-state index >= 15 is 0 Å². The highest BCUT2D eigenvalue weighted by atomic mass is 32.2. The lowest BCUT2D eigenvalue weighted by atomic mass is 10.2. The average molecular weight is 399 g/mol. The Kier molecular flexibility index (Phi) is 6.15. The Morgan fingerprint density at radius 1 is 1.14 bits per heavy atom. The molecule has 1 aromatic heterocycles. The van der Waals surface area contributed by atoms with Gasteiger partial charge in [-0.3, -0.25) is 4.79 Å². The summed E-state index contributed by atoms with van der Waals surface area (Å²) in [7, 11) is 3.11. The number of carbonyl (C=O) groups is 1. The summed E-state index contributed by atoms with van der Waals surface area (Å²) in [5.74, 6) is 0.973. The van der Waals surface area contributed by atoms with Gasteiger partial charge in [0.05, 0.1) is 25.2 Å². The second-order valence-electron chi connectivity index (χ2n) is 5.98. The third-order valence-corrected chi connectivity index (χ3v) is 5.12. The van der Waals surface area contributed by atoms with E-state index in [1.54, 1.807) is 44.0 Å². The molecule has 1 amide bonds. The summed E-state index contributed by atoms with van der Waals surface area (Å²) in [6.45, 7) is 3.79. The van der Waals surface area contributed by atoms with Gasteiger partial charge in [-0.05, 0) is 48.0 Å². The van der Waals surface area contributed by atoms with Gasteiger partial charge in [-0.2, -0.15) is 4.68 Å². The minimum absolute atomic E-state index is 0.170. The van der Waals surface area contributed by atoms with Crippen molar-refractivity contribution in [3.63, 3.8) is 0 Å². The molecule has 146 valence electrons. The number of ether oxygens (including phenoxy) is 2. The summed E-state index contributed by atoms with van der Waals surface area (Å²) in [6, 6.07) is 13.0. The molecule has 0 radical (unpaired) electrons. The number of hydrogen-bond acceptors (Lipinski definition) is 7. The van der Waals surface area contributed by atoms with Crippen molar-refractivity contribution in [1.82, 2.24) is 20.2 Å². The Morgan fingerprint density at radius 2 is 1.89 bits per heavy atom. The average Bonchev–Trinajstić information content (AvgIpc) is 3.15. The smallest absolute Gasteiger partial charge is 0.237 e. The van der Waals surface area contributed by atoms with E-state index in [1.807, 2.05) is 31.2 Å². The number of hydrogen-bond donors (Lipinski definition) is 1. The molecule has 0 spiro atoms. The topological polar surface area (TPSA) is 91.2 Å². The lowest BCUT2D eigenvalue weighted by Crippen LogP contribution is -2.23. The summed E-state index contributed by atoms with van der Waals surface area (Å²) < 4.78 is 12.1. The van der Waals surface area contributed by atoms with Crippen molar-refractivity contribution in [2.75, 3.05) is 19.5 Å². The van der Waals surface area contributed by atoms with Crippen LogP contribution in [0.5, 0.6) is 11.5 Å². The van der Waals surface area contributed by atoms with Crippen LogP contribution in [0.3, 0.4) is 0 Å². The second-order valence-corrected chi connectivity index (χ2v) is 7.29. The second kappa shape index (κ2) is 8.75. The van der Waals surface area contributed by atoms with E-state index < -0.39 is 5.25 Å². The van der Waals surface area contributed by atoms with E-state index in [1.165, 1.54) is 11.8 Å². The SMILES string of the molecule is COc1ccc(NC(=O)[C@H](C)Sc2nnnn2-c2ccccc2C)cc1OC. The number of methoxy groups -OCH3 is 2. The van der Waals surface area contributed by atoms with Gasteiger partial charge in [0.2, 0.25) is 11.1 Å². The number of aromatic nitrogens is 4. The lowest BCUT2D eigenvalue weighted by Gasteiger charge is -2.14. The number of nitrogens with one attached hydrogen (secondary N) is 1. The van der Waals surface area contributed by atoms with Crippen LogP contribution in [0.2, 0.25) is 0 Å². The standard InChI is InChI=1S/C19H21N5O3S/c1-12-7-5-6-8-15(12)24-19(21-22-23-24)28-13(2)18(25)20-14-9-10-16(26-3)17(11-14)27-4/h5-11,13H,1-4H3,(H,20,25)/t13-/m0/s1. The number of nitrogens with zero attached hydrogens (tertiary/aromatic N) is 4. The maximum atomic E-state index is 12.6. The van der Waals surface area contributed by atoms with Gasteiger partial charge >= 0.3 is 0 Å². The Labute approximate surface area is 167 Å². The van der Waals surface area contributed by atoms with Gasteiger partial charge in [0, 0.05) is 11.8 Å². The van der Waals surface area contributed by atoms with Crippen molar-refractivity contribution in [2.45, 2.75) is 24.3 Å². The maximum absolute atomic E-state index is 12.6. The number of para-hydroxylation sites is 1. The number of carbonyl (C=O) groups excluding carboxylic acids is 1. The van der Waals surface area contributed by atoms with Crippen LogP contribution in [0.1, 0.15) is 12.5 Å². The molecule has 0 unspecified atom stereocenters. The van der Waals surface area contributed by atoms with Crippen LogP contribution in [-0.4, -0.2) is 45.6 Å². The number of amides is 1. The summed E-state index contributed by atoms with van der Waals surface area (Å²) >= 11 is 1.28. The van der Waals surface area contributed by atoms with Crippen LogP contribution in [0.25, 0.3) is 5.69 Å². The zero-order valence-corrected chi connectivity index (χ0v) is 16.9. The molecule has 0 saturated heterocycles. The van der Waals surface area contributed by atoms with Gasteiger partial charge in [-0.25, -0.2) is 0 Å². The molecule has 0 aliphatic heterocycles. The molecule has 0 saturated carbocycles. The number of aryl methyl sites for hydroxylation is 1. The van der Waals surface area contributed by atoms with Crippen molar-refractivity contribution >= 4 is 23.4 Å². The zero-order chi connectivity index (χ0) is 20.1. The van der Waals surface area contributed by atoms with Crippen LogP contribution in [-0.2, 0) is 4.79 Å². The predicted molar refractivity (Wildman–Crippen MR) is 107 cm³/mol. The van der Waals surface area contributed by atoms with Crippen LogP contribution >= 0.6 is 11.8 Å². The summed E-state index contributed by atoms with van der Waals surface area (Å²) in [5, 5.41) is 14.9. The molecule has 28 heavy (non-hydrogen) atoms. The molecule has 9 heteroatoms. The molecule has 2 aromatic carbocycles. The fraction of sp³-hybridized carbons (Fsp3) is 0.263. The minimum atomic E-state index is -0.415. The molecule has 1 heterocycles. The Hall–Kier alpha value is -3.07. The van der Waals surface area contributed by atoms with Gasteiger partial charge in [0.25, 0.3) is 0 Å². The Balaban J connectivity index is 1.72. The third kappa shape index (κ3) is 4.25. The first kappa shape index (κ1) is 19.7. The van der Waals surface area contributed by atoms with Crippen molar-refractivity contribution in [3.05, 3.63) is 48.0 Å². The van der Waals surface area contributed by atoms with Crippen molar-refractivity contribution in [2.24, 2.45) is 0 Å². The third-order valence-electron chi connectivity index (χ3n) is 4.09. The van der Waals surface area contributed by atoms with Crippen LogP contribution in [0, 0.1) is 6.92 Å². The highest BCUT2D eigenvalue weighted by Gasteiger charge is 2.20. The number of rotatable bonds is 7. The lowest BCUT2D eigenvalue weighted by molar-refractivity contribution is -0.115. The molecular weight excluding hydrogens is 378 g/mol. The van der Waals surface area contributed by atoms with E-state index in [4.69, 9.17) is 9.47 Å². The molecule has 0 aliphatic rings. The number of anilines is 1. The number of thioether (sulfide) groups is 1. The van der Waals surface area contributed by atoms with Gasteiger partial charge in [0.15, 0.2) is 11.5 Å². The summed E-state index contributed by atoms with van der Waals surface area (Å²) in [5.41, 5.74) is 2.54. The van der Waals surface area contributed by atoms with Gasteiger partial charge < -0.3 is 14.8 Å². The van der Waals surface area contributed by atoms with Crippen LogP contribution in [0.4, 0.5) is 5.69 Å². The largest absolute Gasteiger partial charge is 0.493 e. The Bertz CT molecular complexity index is 976. The first-order valence-electron chi connectivity index (χ1n) is 8.57. The number of benzene rings is 2. The van der Waals surface area contributed by atoms with Crippen LogP contribution in [0.15, 0.2) is 47.6 Å². The molecule has 0 bridgehead atoms. The normalized spacial score (nSPS) is 11.7. The fourth-order valence-corrected chi connectivity index (χ4v) is 3.37. The molecular formula is C19H21N5O3S. The first-order valence-corrected chi connectivity index (χ1v) is 9.45. The van der Waals surface area contributed by atoms with Crippen LogP contribution < -0.4 is 14.8 Å². The van der Waals surface area contributed by atoms with Crippen molar-refractivity contribution < 1.29 is 14.3 Å². The van der Waals surface area contributed by atoms with E-state index in [-0.39, 0.29) is 5.91 Å². The van der Waals surface area contributed by atoms with Crippen molar-refractivity contribution in [1.29, 1.82) is 0 Å². The molecule has 3 rings (SSSR count). The monoisotopic (exact) mass is 399 g/mol. The van der Waals surface area contributed by atoms with Crippen molar-refractivity contribution in [3.8, 4) is 17.2 Å². The molecule has 1 atom stereocenters. The quantitative estimate of drug-likeness (QED) is 0.610. The first-order chi connectivity index (χ1) is 13.5. The molecule has 1 N–H and O–H groups in total. The van der Waals surface area contributed by atoms with Gasteiger partial charge in [-0.15, -0.1) is 5.10 Å². The molecule has 0 fully saturated rings. The Morgan fingerprint density at radius 3 is 2.61 bits per heavy atom. The highest BCUT2D eigenvalue weighted by Crippen LogP contribution is 2.30. The summed E-state index contributed by atoms with van der Waals surface area (Å²) in [4.78, 5) is 12.6. The maximum Gasteiger partial charge on any atom is 0.237 e. The van der Waals surface area contributed by atoms with Gasteiger partial charge in [0.1, 0.15) is 0 Å². The van der Waals surface area contributed by atoms with E-state index in [0.29, 0.717) is 22.3 Å². The molecule has 3 aromatic rings. The molecule has 0 aliphatic carbocycles. The zero-order valence-electron chi connectivity index (χ0n) is 16.0. The van der Waals surface area contributed by atoms with E-state index in [9.17, 15) is 4.79 Å². The summed E-state index contributed by atoms with van der Waals surface area (Å²) in [6.07, 6.45) is 0. The fourth-order valence-electron chi connectivity index (χ4n) is 2.57. The van der Waals surface area contributed by atoms with Gasteiger partial charge in [-0.1, -0.05) is 30.0 Å². The minimum Gasteiger partial charge on any atom is -0.493 e. The molecule has 8 nitrogen and oxygen atoms in total.